The van der Waals surface area contributed by atoms with Gasteiger partial charge in [0.25, 0.3) is 5.69 Å². The summed E-state index contributed by atoms with van der Waals surface area (Å²) < 4.78 is 5.06. The van der Waals surface area contributed by atoms with E-state index in [0.717, 1.165) is 0 Å². The SMILES string of the molecule is COc1cc(C=O)cc([N+](=O)[O-])c1NC/C=C/CN. The molecule has 3 N–H and O–H groups in total. The second-order valence-electron chi connectivity index (χ2n) is 3.58. The normalized spacial score (nSPS) is 10.4. The molecule has 1 aromatic rings. The van der Waals surface area contributed by atoms with Gasteiger partial charge < -0.3 is 15.8 Å². The first-order valence-corrected chi connectivity index (χ1v) is 5.54. The highest BCUT2D eigenvalue weighted by Gasteiger charge is 2.19. The molecule has 0 bridgehead atoms. The van der Waals surface area contributed by atoms with Crippen molar-refractivity contribution < 1.29 is 14.5 Å². The van der Waals surface area contributed by atoms with Crippen molar-refractivity contribution in [1.82, 2.24) is 0 Å². The Hall–Kier alpha value is -2.41. The molecule has 0 radical (unpaired) electrons. The van der Waals surface area contributed by atoms with Crippen molar-refractivity contribution in [2.24, 2.45) is 5.73 Å². The van der Waals surface area contributed by atoms with Crippen molar-refractivity contribution in [3.05, 3.63) is 40.0 Å². The summed E-state index contributed by atoms with van der Waals surface area (Å²) in [4.78, 5) is 21.2. The van der Waals surface area contributed by atoms with Gasteiger partial charge in [0.05, 0.1) is 12.0 Å². The molecule has 1 aromatic carbocycles. The Labute approximate surface area is 110 Å². The van der Waals surface area contributed by atoms with Gasteiger partial charge in [-0.2, -0.15) is 0 Å². The van der Waals surface area contributed by atoms with Crippen LogP contribution in [-0.2, 0) is 0 Å². The Kier molecular flexibility index (Phi) is 5.49. The van der Waals surface area contributed by atoms with Crippen LogP contribution in [-0.4, -0.2) is 31.4 Å². The van der Waals surface area contributed by atoms with Crippen molar-refractivity contribution in [1.29, 1.82) is 0 Å². The molecule has 102 valence electrons. The van der Waals surface area contributed by atoms with Crippen LogP contribution >= 0.6 is 0 Å². The zero-order valence-corrected chi connectivity index (χ0v) is 10.5. The average molecular weight is 265 g/mol. The van der Waals surface area contributed by atoms with Crippen LogP contribution < -0.4 is 15.8 Å². The van der Waals surface area contributed by atoms with Gasteiger partial charge in [-0.3, -0.25) is 14.9 Å². The van der Waals surface area contributed by atoms with E-state index in [1.165, 1.54) is 19.2 Å². The third-order valence-corrected chi connectivity index (χ3v) is 2.36. The first-order chi connectivity index (χ1) is 9.13. The molecule has 7 nitrogen and oxygen atoms in total. The van der Waals surface area contributed by atoms with E-state index in [-0.39, 0.29) is 22.7 Å². The molecular weight excluding hydrogens is 250 g/mol. The number of methoxy groups -OCH3 is 1. The minimum atomic E-state index is -0.565. The maximum Gasteiger partial charge on any atom is 0.296 e. The van der Waals surface area contributed by atoms with E-state index in [1.54, 1.807) is 12.2 Å². The lowest BCUT2D eigenvalue weighted by Gasteiger charge is -2.10. The van der Waals surface area contributed by atoms with E-state index in [0.29, 0.717) is 19.4 Å². The number of nitrogens with two attached hydrogens (primary N) is 1. The Balaban J connectivity index is 3.14. The molecule has 0 amide bonds. The lowest BCUT2D eigenvalue weighted by atomic mass is 10.1. The van der Waals surface area contributed by atoms with Gasteiger partial charge in [0.15, 0.2) is 5.69 Å². The molecule has 0 aromatic heterocycles. The second-order valence-corrected chi connectivity index (χ2v) is 3.58. The zero-order valence-electron chi connectivity index (χ0n) is 10.5. The fourth-order valence-corrected chi connectivity index (χ4v) is 1.51. The molecule has 0 unspecified atom stereocenters. The molecule has 0 fully saturated rings. The Morgan fingerprint density at radius 2 is 2.21 bits per heavy atom. The summed E-state index contributed by atoms with van der Waals surface area (Å²) in [5.41, 5.74) is 5.51. The molecule has 19 heavy (non-hydrogen) atoms. The van der Waals surface area contributed by atoms with E-state index in [4.69, 9.17) is 10.5 Å². The van der Waals surface area contributed by atoms with Crippen molar-refractivity contribution >= 4 is 17.7 Å². The maximum absolute atomic E-state index is 11.0. The van der Waals surface area contributed by atoms with Gasteiger partial charge in [-0.15, -0.1) is 0 Å². The first-order valence-electron chi connectivity index (χ1n) is 5.54. The quantitative estimate of drug-likeness (QED) is 0.333. The molecule has 7 heteroatoms. The number of nitro benzene ring substituents is 1. The summed E-state index contributed by atoms with van der Waals surface area (Å²) in [6.45, 7) is 0.764. The number of rotatable bonds is 7. The highest BCUT2D eigenvalue weighted by atomic mass is 16.6. The van der Waals surface area contributed by atoms with Gasteiger partial charge in [0.2, 0.25) is 0 Å². The largest absolute Gasteiger partial charge is 0.494 e. The predicted octanol–water partition coefficient (Wildman–Crippen LogP) is 1.34. The zero-order chi connectivity index (χ0) is 14.3. The van der Waals surface area contributed by atoms with Crippen LogP contribution in [0.15, 0.2) is 24.3 Å². The predicted molar refractivity (Wildman–Crippen MR) is 71.7 cm³/mol. The molecular formula is C12H15N3O4. The number of hydrogen-bond acceptors (Lipinski definition) is 6. The van der Waals surface area contributed by atoms with Crippen LogP contribution in [0.1, 0.15) is 10.4 Å². The fraction of sp³-hybridized carbons (Fsp3) is 0.250. The topological polar surface area (TPSA) is 107 Å². The second kappa shape index (κ2) is 7.12. The van der Waals surface area contributed by atoms with E-state index in [2.05, 4.69) is 5.32 Å². The van der Waals surface area contributed by atoms with Gasteiger partial charge in [-0.1, -0.05) is 12.2 Å². The van der Waals surface area contributed by atoms with Gasteiger partial charge in [-0.25, -0.2) is 0 Å². The van der Waals surface area contributed by atoms with Crippen LogP contribution in [0.25, 0.3) is 0 Å². The smallest absolute Gasteiger partial charge is 0.296 e. The molecule has 0 aliphatic rings. The van der Waals surface area contributed by atoms with Crippen LogP contribution in [0.4, 0.5) is 11.4 Å². The summed E-state index contributed by atoms with van der Waals surface area (Å²) in [6.07, 6.45) is 4.01. The molecule has 0 atom stereocenters. The van der Waals surface area contributed by atoms with Gasteiger partial charge in [0, 0.05) is 24.7 Å². The van der Waals surface area contributed by atoms with Gasteiger partial charge in [0.1, 0.15) is 12.0 Å². The minimum absolute atomic E-state index is 0.187. The monoisotopic (exact) mass is 265 g/mol. The molecule has 0 heterocycles. The van der Waals surface area contributed by atoms with Crippen molar-refractivity contribution in [2.75, 3.05) is 25.5 Å². The minimum Gasteiger partial charge on any atom is -0.494 e. The summed E-state index contributed by atoms with van der Waals surface area (Å²) in [5, 5.41) is 13.9. The number of carbonyl (C=O) groups is 1. The Bertz CT molecular complexity index is 500. The number of nitro groups is 1. The Morgan fingerprint density at radius 1 is 1.47 bits per heavy atom. The summed E-state index contributed by atoms with van der Waals surface area (Å²) >= 11 is 0. The lowest BCUT2D eigenvalue weighted by Crippen LogP contribution is -2.06. The van der Waals surface area contributed by atoms with Crippen LogP contribution in [0.3, 0.4) is 0 Å². The number of nitrogens with one attached hydrogen (secondary N) is 1. The van der Waals surface area contributed by atoms with Crippen molar-refractivity contribution in [3.63, 3.8) is 0 Å². The van der Waals surface area contributed by atoms with E-state index < -0.39 is 4.92 Å². The maximum atomic E-state index is 11.0. The van der Waals surface area contributed by atoms with Crippen molar-refractivity contribution in [2.45, 2.75) is 0 Å². The number of hydrogen-bond donors (Lipinski definition) is 2. The third kappa shape index (κ3) is 3.78. The van der Waals surface area contributed by atoms with E-state index in [1.807, 2.05) is 0 Å². The van der Waals surface area contributed by atoms with E-state index in [9.17, 15) is 14.9 Å². The lowest BCUT2D eigenvalue weighted by molar-refractivity contribution is -0.384. The molecule has 0 saturated heterocycles. The molecule has 0 saturated carbocycles. The highest BCUT2D eigenvalue weighted by Crippen LogP contribution is 2.35. The van der Waals surface area contributed by atoms with E-state index >= 15 is 0 Å². The van der Waals surface area contributed by atoms with Crippen LogP contribution in [0.2, 0.25) is 0 Å². The molecule has 0 aliphatic carbocycles. The van der Waals surface area contributed by atoms with Crippen LogP contribution in [0, 0.1) is 10.1 Å². The number of ether oxygens (including phenoxy) is 1. The number of nitrogens with zero attached hydrogens (tertiary/aromatic N) is 1. The van der Waals surface area contributed by atoms with Gasteiger partial charge in [-0.05, 0) is 6.07 Å². The molecule has 1 rings (SSSR count). The average Bonchev–Trinajstić information content (AvgIpc) is 2.42. The summed E-state index contributed by atoms with van der Waals surface area (Å²) in [7, 11) is 1.38. The van der Waals surface area contributed by atoms with Gasteiger partial charge >= 0.3 is 0 Å². The summed E-state index contributed by atoms with van der Waals surface area (Å²) in [6, 6.07) is 2.64. The van der Waals surface area contributed by atoms with Crippen molar-refractivity contribution in [3.8, 4) is 5.75 Å². The standard InChI is InChI=1S/C12H15N3O4/c1-19-11-7-9(8-16)6-10(15(17)18)12(11)14-5-3-2-4-13/h2-3,6-8,14H,4-5,13H2,1H3/b3-2+. The highest BCUT2D eigenvalue weighted by molar-refractivity contribution is 5.83. The Morgan fingerprint density at radius 3 is 2.74 bits per heavy atom. The molecule has 0 aliphatic heterocycles. The third-order valence-electron chi connectivity index (χ3n) is 2.36. The first kappa shape index (κ1) is 14.7. The fourth-order valence-electron chi connectivity index (χ4n) is 1.51. The number of aldehydes is 1. The molecule has 0 spiro atoms. The number of carbonyl (C=O) groups excluding carboxylic acids is 1. The number of benzene rings is 1. The number of anilines is 1. The summed E-state index contributed by atoms with van der Waals surface area (Å²) in [5.74, 6) is 0.248. The van der Waals surface area contributed by atoms with Crippen LogP contribution in [0.5, 0.6) is 5.75 Å².